The number of hydrogen-bond acceptors (Lipinski definition) is 5. The molecule has 4 rings (SSSR count). The van der Waals surface area contributed by atoms with E-state index in [4.69, 9.17) is 4.74 Å². The molecule has 1 unspecified atom stereocenters. The first-order valence-electron chi connectivity index (χ1n) is 11.8. The number of carbonyl (C=O) groups excluding carboxylic acids is 2. The summed E-state index contributed by atoms with van der Waals surface area (Å²) in [7, 11) is 1.54. The van der Waals surface area contributed by atoms with Crippen LogP contribution in [0.25, 0.3) is 11.3 Å². The molecule has 3 aromatic rings. The van der Waals surface area contributed by atoms with Crippen LogP contribution < -0.4 is 15.4 Å². The number of ketones is 1. The molecular formula is C28H29N3O5. The largest absolute Gasteiger partial charge is 0.495 e. The van der Waals surface area contributed by atoms with Gasteiger partial charge in [-0.1, -0.05) is 25.1 Å². The minimum Gasteiger partial charge on any atom is -0.495 e. The van der Waals surface area contributed by atoms with Crippen LogP contribution in [0.15, 0.2) is 54.7 Å². The average Bonchev–Trinajstić information content (AvgIpc) is 2.86. The first-order chi connectivity index (χ1) is 17.2. The zero-order chi connectivity index (χ0) is 25.9. The Kier molecular flexibility index (Phi) is 7.05. The van der Waals surface area contributed by atoms with Crippen LogP contribution in [0.5, 0.6) is 5.75 Å². The van der Waals surface area contributed by atoms with Gasteiger partial charge in [0.05, 0.1) is 36.8 Å². The van der Waals surface area contributed by atoms with Gasteiger partial charge in [0.2, 0.25) is 0 Å². The van der Waals surface area contributed by atoms with Gasteiger partial charge in [0.15, 0.2) is 5.78 Å². The number of nitrogens with zero attached hydrogens (tertiary/aromatic N) is 1. The first-order valence-corrected chi connectivity index (χ1v) is 11.8. The maximum absolute atomic E-state index is 13.2. The second-order valence-corrected chi connectivity index (χ2v) is 9.12. The van der Waals surface area contributed by atoms with Crippen molar-refractivity contribution in [2.45, 2.75) is 39.5 Å². The Balaban J connectivity index is 1.47. The molecule has 1 aliphatic rings. The molecule has 1 aromatic heterocycles. The summed E-state index contributed by atoms with van der Waals surface area (Å²) in [5.74, 6) is -0.479. The highest BCUT2D eigenvalue weighted by Crippen LogP contribution is 2.42. The monoisotopic (exact) mass is 487 g/mol. The lowest BCUT2D eigenvalue weighted by Gasteiger charge is -2.34. The predicted molar refractivity (Wildman–Crippen MR) is 138 cm³/mol. The smallest absolute Gasteiger partial charge is 0.323 e. The lowest BCUT2D eigenvalue weighted by Crippen LogP contribution is -2.37. The molecule has 0 spiro atoms. The molecule has 1 heterocycles. The first kappa shape index (κ1) is 24.9. The summed E-state index contributed by atoms with van der Waals surface area (Å²) in [5.41, 5.74) is 4.30. The number of aryl methyl sites for hydroxylation is 2. The van der Waals surface area contributed by atoms with Crippen LogP contribution >= 0.6 is 0 Å². The van der Waals surface area contributed by atoms with Crippen molar-refractivity contribution in [3.8, 4) is 17.0 Å². The summed E-state index contributed by atoms with van der Waals surface area (Å²) < 4.78 is 5.29. The van der Waals surface area contributed by atoms with Crippen LogP contribution in [0.3, 0.4) is 0 Å². The van der Waals surface area contributed by atoms with Crippen molar-refractivity contribution in [2.75, 3.05) is 17.7 Å². The molecular weight excluding hydrogens is 458 g/mol. The van der Waals surface area contributed by atoms with E-state index in [9.17, 15) is 19.5 Å². The molecule has 2 aromatic carbocycles. The van der Waals surface area contributed by atoms with E-state index in [1.54, 1.807) is 37.6 Å². The average molecular weight is 488 g/mol. The van der Waals surface area contributed by atoms with Crippen molar-refractivity contribution in [3.05, 3.63) is 71.4 Å². The minimum absolute atomic E-state index is 0.0936. The van der Waals surface area contributed by atoms with Crippen LogP contribution in [0.4, 0.5) is 16.2 Å². The van der Waals surface area contributed by atoms with Crippen LogP contribution in [-0.2, 0) is 11.2 Å². The highest BCUT2D eigenvalue weighted by atomic mass is 16.5. The van der Waals surface area contributed by atoms with Gasteiger partial charge < -0.3 is 20.5 Å². The molecule has 0 radical (unpaired) electrons. The van der Waals surface area contributed by atoms with Gasteiger partial charge in [-0.15, -0.1) is 0 Å². The zero-order valence-electron chi connectivity index (χ0n) is 20.6. The Morgan fingerprint density at radius 1 is 1.11 bits per heavy atom. The molecule has 3 N–H and O–H groups in total. The number of pyridine rings is 1. The topological polar surface area (TPSA) is 118 Å². The van der Waals surface area contributed by atoms with Crippen molar-refractivity contribution in [1.82, 2.24) is 4.98 Å². The summed E-state index contributed by atoms with van der Waals surface area (Å²) in [6.45, 7) is 3.80. The maximum atomic E-state index is 13.2. The minimum atomic E-state index is -0.949. The quantitative estimate of drug-likeness (QED) is 0.393. The van der Waals surface area contributed by atoms with E-state index >= 15 is 0 Å². The summed E-state index contributed by atoms with van der Waals surface area (Å²) in [6.07, 6.45) is 3.08. The van der Waals surface area contributed by atoms with Gasteiger partial charge in [-0.25, -0.2) is 4.79 Å². The molecule has 0 saturated carbocycles. The number of ether oxygens (including phenoxy) is 1. The van der Waals surface area contributed by atoms with Crippen molar-refractivity contribution in [1.29, 1.82) is 0 Å². The third-order valence-electron chi connectivity index (χ3n) is 6.79. The van der Waals surface area contributed by atoms with Crippen LogP contribution in [0, 0.1) is 12.3 Å². The van der Waals surface area contributed by atoms with Crippen LogP contribution in [-0.4, -0.2) is 35.0 Å². The molecule has 8 nitrogen and oxygen atoms in total. The Morgan fingerprint density at radius 3 is 2.58 bits per heavy atom. The van der Waals surface area contributed by atoms with Gasteiger partial charge >= 0.3 is 12.0 Å². The van der Waals surface area contributed by atoms with E-state index < -0.39 is 17.4 Å². The van der Waals surface area contributed by atoms with Crippen LogP contribution in [0.2, 0.25) is 0 Å². The Bertz CT molecular complexity index is 1320. The Hall–Kier alpha value is -4.20. The third-order valence-corrected chi connectivity index (χ3v) is 6.79. The molecule has 1 atom stereocenters. The number of nitrogens with one attached hydrogen (secondary N) is 2. The number of anilines is 2. The summed E-state index contributed by atoms with van der Waals surface area (Å²) in [4.78, 5) is 41.5. The fourth-order valence-electron chi connectivity index (χ4n) is 4.72. The maximum Gasteiger partial charge on any atom is 0.323 e. The number of hydrogen-bond donors (Lipinski definition) is 3. The SMILES string of the molecule is CCC1(CC(=O)O)CCc2cc(-c3ccc(NC(=O)Nc4cc(C)ccc4OC)cn3)ccc2C1=O. The number of Topliss-reactive ketones (excluding diaryl/α,β-unsaturated/α-hetero) is 1. The molecule has 8 heteroatoms. The number of urea groups is 1. The van der Waals surface area contributed by atoms with E-state index in [0.717, 1.165) is 16.7 Å². The van der Waals surface area contributed by atoms with Gasteiger partial charge in [0.25, 0.3) is 0 Å². The van der Waals surface area contributed by atoms with Gasteiger partial charge in [0.1, 0.15) is 5.75 Å². The summed E-state index contributed by atoms with van der Waals surface area (Å²) in [6, 6.07) is 14.2. The summed E-state index contributed by atoms with van der Waals surface area (Å²) >= 11 is 0. The molecule has 0 saturated heterocycles. The predicted octanol–water partition coefficient (Wildman–Crippen LogP) is 5.71. The number of aromatic nitrogens is 1. The number of carbonyl (C=O) groups is 3. The third kappa shape index (κ3) is 5.07. The van der Waals surface area contributed by atoms with Crippen molar-refractivity contribution < 1.29 is 24.2 Å². The molecule has 36 heavy (non-hydrogen) atoms. The Morgan fingerprint density at radius 2 is 1.92 bits per heavy atom. The number of aliphatic carboxylic acids is 1. The van der Waals surface area contributed by atoms with Crippen molar-refractivity contribution in [2.24, 2.45) is 5.41 Å². The number of fused-ring (bicyclic) bond motifs is 1. The highest BCUT2D eigenvalue weighted by Gasteiger charge is 2.42. The number of carboxylic acids is 1. The summed E-state index contributed by atoms with van der Waals surface area (Å²) in [5, 5.41) is 14.9. The molecule has 2 amide bonds. The molecule has 0 aliphatic heterocycles. The number of carboxylic acid groups (broad SMARTS) is 1. The van der Waals surface area contributed by atoms with Crippen LogP contribution in [0.1, 0.15) is 47.7 Å². The highest BCUT2D eigenvalue weighted by molar-refractivity contribution is 6.04. The van der Waals surface area contributed by atoms with E-state index in [2.05, 4.69) is 15.6 Å². The fraction of sp³-hybridized carbons (Fsp3) is 0.286. The van der Waals surface area contributed by atoms with E-state index in [-0.39, 0.29) is 12.2 Å². The van der Waals surface area contributed by atoms with Gasteiger partial charge in [-0.3, -0.25) is 14.6 Å². The van der Waals surface area contributed by atoms with Gasteiger partial charge in [-0.2, -0.15) is 0 Å². The number of benzene rings is 2. The van der Waals surface area contributed by atoms with Gasteiger partial charge in [-0.05, 0) is 67.6 Å². The number of methoxy groups -OCH3 is 1. The van der Waals surface area contributed by atoms with Crippen molar-refractivity contribution in [3.63, 3.8) is 0 Å². The normalized spacial score (nSPS) is 16.7. The molecule has 0 fully saturated rings. The van der Waals surface area contributed by atoms with E-state index in [1.807, 2.05) is 38.1 Å². The van der Waals surface area contributed by atoms with E-state index in [0.29, 0.717) is 47.6 Å². The lowest BCUT2D eigenvalue weighted by molar-refractivity contribution is -0.139. The number of rotatable bonds is 7. The lowest BCUT2D eigenvalue weighted by atomic mass is 9.67. The second kappa shape index (κ2) is 10.2. The van der Waals surface area contributed by atoms with Crippen molar-refractivity contribution >= 4 is 29.2 Å². The second-order valence-electron chi connectivity index (χ2n) is 9.12. The molecule has 1 aliphatic carbocycles. The standard InChI is InChI=1S/C28H29N3O5/c1-4-28(15-25(32)33)12-11-18-14-19(6-8-21(18)26(28)34)22-9-7-20(16-29-22)30-27(35)31-23-13-17(2)5-10-24(23)36-3/h5-10,13-14,16H,4,11-12,15H2,1-3H3,(H,32,33)(H2,30,31,35). The number of amides is 2. The fourth-order valence-corrected chi connectivity index (χ4v) is 4.72. The Labute approximate surface area is 209 Å². The molecule has 0 bridgehead atoms. The molecule has 186 valence electrons. The zero-order valence-corrected chi connectivity index (χ0v) is 20.6. The van der Waals surface area contributed by atoms with Gasteiger partial charge in [0, 0.05) is 16.5 Å². The van der Waals surface area contributed by atoms with E-state index in [1.165, 1.54) is 0 Å².